The number of halogens is 1. The van der Waals surface area contributed by atoms with Gasteiger partial charge in [-0.3, -0.25) is 4.79 Å². The van der Waals surface area contributed by atoms with Crippen LogP contribution in [0.4, 0.5) is 0 Å². The number of amides is 1. The van der Waals surface area contributed by atoms with Crippen molar-refractivity contribution in [3.05, 3.63) is 29.8 Å². The van der Waals surface area contributed by atoms with Gasteiger partial charge in [-0.25, -0.2) is 13.1 Å². The molecule has 1 aliphatic heterocycles. The first-order chi connectivity index (χ1) is 11.2. The second kappa shape index (κ2) is 7.23. The number of hydrogen-bond acceptors (Lipinski definition) is 4. The second-order valence-corrected chi connectivity index (χ2v) is 9.25. The van der Waals surface area contributed by atoms with Crippen molar-refractivity contribution < 1.29 is 13.2 Å². The summed E-state index contributed by atoms with van der Waals surface area (Å²) in [6, 6.07) is 6.39. The van der Waals surface area contributed by atoms with E-state index in [1.165, 1.54) is 12.1 Å². The maximum absolute atomic E-state index is 12.8. The Kier molecular flexibility index (Phi) is 5.83. The molecule has 0 bridgehead atoms. The normalized spacial score (nSPS) is 23.0. The number of likely N-dealkylation sites (tertiary alicyclic amines) is 1. The fourth-order valence-corrected chi connectivity index (χ4v) is 4.37. The van der Waals surface area contributed by atoms with Crippen molar-refractivity contribution in [1.29, 1.82) is 0 Å². The fraction of sp³-hybridized carbons (Fsp3) is 0.588. The highest BCUT2D eigenvalue weighted by molar-refractivity contribution is 7.89. The van der Waals surface area contributed by atoms with Crippen LogP contribution in [0.25, 0.3) is 0 Å². The Balaban J connectivity index is 0.00000225. The quantitative estimate of drug-likeness (QED) is 0.823. The standard InChI is InChI=1S/C17H25N3O3S.ClH/c1-17(2)11-20(9-8-15(17)18)16(21)12-4-3-5-14(10-12)24(22,23)19-13-6-7-13;/h3-5,10,13,15,19H,6-9,11,18H2,1-2H3;1H. The fourth-order valence-electron chi connectivity index (χ4n) is 3.01. The molecule has 25 heavy (non-hydrogen) atoms. The van der Waals surface area contributed by atoms with Crippen molar-refractivity contribution in [1.82, 2.24) is 9.62 Å². The van der Waals surface area contributed by atoms with Gasteiger partial charge in [-0.15, -0.1) is 12.4 Å². The third-order valence-electron chi connectivity index (χ3n) is 4.89. The molecule has 6 nitrogen and oxygen atoms in total. The highest BCUT2D eigenvalue weighted by atomic mass is 35.5. The highest BCUT2D eigenvalue weighted by Crippen LogP contribution is 2.29. The van der Waals surface area contributed by atoms with E-state index in [9.17, 15) is 13.2 Å². The van der Waals surface area contributed by atoms with E-state index >= 15 is 0 Å². The van der Waals surface area contributed by atoms with E-state index < -0.39 is 10.0 Å². The zero-order valence-electron chi connectivity index (χ0n) is 14.6. The topological polar surface area (TPSA) is 92.5 Å². The molecular formula is C17H26ClN3O3S. The lowest BCUT2D eigenvalue weighted by Gasteiger charge is -2.42. The van der Waals surface area contributed by atoms with Gasteiger partial charge in [0.25, 0.3) is 5.91 Å². The minimum Gasteiger partial charge on any atom is -0.338 e. The summed E-state index contributed by atoms with van der Waals surface area (Å²) in [6.45, 7) is 5.28. The molecule has 1 aromatic rings. The average Bonchev–Trinajstić information content (AvgIpc) is 3.32. The maximum atomic E-state index is 12.8. The third kappa shape index (κ3) is 4.53. The number of nitrogens with zero attached hydrogens (tertiary/aromatic N) is 1. The summed E-state index contributed by atoms with van der Waals surface area (Å²) in [7, 11) is -3.56. The van der Waals surface area contributed by atoms with Crippen molar-refractivity contribution in [2.75, 3.05) is 13.1 Å². The Morgan fingerprint density at radius 3 is 2.56 bits per heavy atom. The van der Waals surface area contributed by atoms with E-state index in [1.807, 2.05) is 0 Å². The van der Waals surface area contributed by atoms with E-state index in [1.54, 1.807) is 17.0 Å². The Hall–Kier alpha value is -1.15. The van der Waals surface area contributed by atoms with Crippen molar-refractivity contribution >= 4 is 28.3 Å². The first-order valence-corrected chi connectivity index (χ1v) is 9.85. The Morgan fingerprint density at radius 1 is 1.28 bits per heavy atom. The molecule has 8 heteroatoms. The Labute approximate surface area is 155 Å². The lowest BCUT2D eigenvalue weighted by molar-refractivity contribution is 0.0533. The summed E-state index contributed by atoms with van der Waals surface area (Å²) < 4.78 is 27.3. The van der Waals surface area contributed by atoms with Gasteiger partial charge in [0.05, 0.1) is 4.90 Å². The molecule has 1 unspecified atom stereocenters. The largest absolute Gasteiger partial charge is 0.338 e. The van der Waals surface area contributed by atoms with E-state index in [-0.39, 0.29) is 40.7 Å². The SMILES string of the molecule is CC1(C)CN(C(=O)c2cccc(S(=O)(=O)NC3CC3)c2)CCC1N.Cl. The molecular weight excluding hydrogens is 362 g/mol. The molecule has 3 rings (SSSR count). The highest BCUT2D eigenvalue weighted by Gasteiger charge is 2.36. The van der Waals surface area contributed by atoms with Gasteiger partial charge in [0.1, 0.15) is 0 Å². The molecule has 2 fully saturated rings. The van der Waals surface area contributed by atoms with Gasteiger partial charge in [-0.1, -0.05) is 19.9 Å². The first kappa shape index (κ1) is 20.2. The molecule has 1 saturated carbocycles. The number of nitrogens with two attached hydrogens (primary N) is 1. The number of carbonyl (C=O) groups excluding carboxylic acids is 1. The summed E-state index contributed by atoms with van der Waals surface area (Å²) in [5.41, 5.74) is 6.38. The molecule has 3 N–H and O–H groups in total. The average molecular weight is 388 g/mol. The minimum atomic E-state index is -3.56. The number of sulfonamides is 1. The molecule has 1 saturated heterocycles. The zero-order chi connectivity index (χ0) is 17.5. The lowest BCUT2D eigenvalue weighted by atomic mass is 9.79. The minimum absolute atomic E-state index is 0. The van der Waals surface area contributed by atoms with Crippen LogP contribution >= 0.6 is 12.4 Å². The van der Waals surface area contributed by atoms with Crippen LogP contribution in [0.5, 0.6) is 0 Å². The van der Waals surface area contributed by atoms with Crippen LogP contribution in [0.1, 0.15) is 43.5 Å². The molecule has 140 valence electrons. The van der Waals surface area contributed by atoms with Gasteiger partial charge < -0.3 is 10.6 Å². The molecule has 0 radical (unpaired) electrons. The van der Waals surface area contributed by atoms with Crippen molar-refractivity contribution in [2.24, 2.45) is 11.1 Å². The Bertz CT molecular complexity index is 747. The van der Waals surface area contributed by atoms with Crippen LogP contribution in [0, 0.1) is 5.41 Å². The van der Waals surface area contributed by atoms with Gasteiger partial charge in [0.15, 0.2) is 0 Å². The van der Waals surface area contributed by atoms with Crippen molar-refractivity contribution in [3.63, 3.8) is 0 Å². The summed E-state index contributed by atoms with van der Waals surface area (Å²) >= 11 is 0. The van der Waals surface area contributed by atoms with E-state index in [4.69, 9.17) is 5.73 Å². The van der Waals surface area contributed by atoms with Gasteiger partial charge in [0, 0.05) is 30.7 Å². The summed E-state index contributed by atoms with van der Waals surface area (Å²) in [6.07, 6.45) is 2.50. The van der Waals surface area contributed by atoms with Gasteiger partial charge in [-0.2, -0.15) is 0 Å². The van der Waals surface area contributed by atoms with Crippen molar-refractivity contribution in [3.8, 4) is 0 Å². The van der Waals surface area contributed by atoms with Gasteiger partial charge >= 0.3 is 0 Å². The summed E-state index contributed by atoms with van der Waals surface area (Å²) in [5.74, 6) is -0.140. The summed E-state index contributed by atoms with van der Waals surface area (Å²) in [4.78, 5) is 14.7. The van der Waals surface area contributed by atoms with Crippen LogP contribution in [-0.2, 0) is 10.0 Å². The third-order valence-corrected chi connectivity index (χ3v) is 6.41. The molecule has 1 heterocycles. The number of piperidine rings is 1. The smallest absolute Gasteiger partial charge is 0.253 e. The van der Waals surface area contributed by atoms with Crippen LogP contribution in [-0.4, -0.2) is 44.4 Å². The number of nitrogens with one attached hydrogen (secondary N) is 1. The van der Waals surface area contributed by atoms with Crippen molar-refractivity contribution in [2.45, 2.75) is 50.1 Å². The number of benzene rings is 1. The predicted octanol–water partition coefficient (Wildman–Crippen LogP) is 1.75. The first-order valence-electron chi connectivity index (χ1n) is 8.36. The lowest BCUT2D eigenvalue weighted by Crippen LogP contribution is -2.54. The number of rotatable bonds is 4. The van der Waals surface area contributed by atoms with Gasteiger partial charge in [0.2, 0.25) is 10.0 Å². The summed E-state index contributed by atoms with van der Waals surface area (Å²) in [5, 5.41) is 0. The van der Waals surface area contributed by atoms with Gasteiger partial charge in [-0.05, 0) is 42.9 Å². The number of carbonyl (C=O) groups is 1. The predicted molar refractivity (Wildman–Crippen MR) is 99.3 cm³/mol. The Morgan fingerprint density at radius 2 is 1.96 bits per heavy atom. The van der Waals surface area contributed by atoms with Crippen LogP contribution < -0.4 is 10.5 Å². The maximum Gasteiger partial charge on any atom is 0.253 e. The van der Waals surface area contributed by atoms with Crippen LogP contribution in [0.15, 0.2) is 29.2 Å². The molecule has 1 atom stereocenters. The molecule has 0 spiro atoms. The van der Waals surface area contributed by atoms with E-state index in [0.29, 0.717) is 18.7 Å². The molecule has 0 aromatic heterocycles. The second-order valence-electron chi connectivity index (χ2n) is 7.53. The van der Waals surface area contributed by atoms with Crippen LogP contribution in [0.3, 0.4) is 0 Å². The van der Waals surface area contributed by atoms with E-state index in [2.05, 4.69) is 18.6 Å². The van der Waals surface area contributed by atoms with Crippen LogP contribution in [0.2, 0.25) is 0 Å². The van der Waals surface area contributed by atoms with E-state index in [0.717, 1.165) is 19.3 Å². The molecule has 1 aliphatic carbocycles. The molecule has 1 amide bonds. The monoisotopic (exact) mass is 387 g/mol. The number of hydrogen-bond donors (Lipinski definition) is 2. The molecule has 1 aromatic carbocycles. The zero-order valence-corrected chi connectivity index (χ0v) is 16.2. The molecule has 2 aliphatic rings.